The lowest BCUT2D eigenvalue weighted by Crippen LogP contribution is -2.50. The number of hydrogen-bond acceptors (Lipinski definition) is 6. The van der Waals surface area contributed by atoms with Crippen molar-refractivity contribution in [3.63, 3.8) is 0 Å². The number of furan rings is 1. The Morgan fingerprint density at radius 3 is 2.43 bits per heavy atom. The zero-order chi connectivity index (χ0) is 21.1. The molecule has 0 spiro atoms. The van der Waals surface area contributed by atoms with Crippen molar-refractivity contribution in [3.8, 4) is 5.75 Å². The Hall–Kier alpha value is -2.33. The molecule has 0 N–H and O–H groups in total. The molecule has 2 aromatic heterocycles. The Bertz CT molecular complexity index is 1120. The van der Waals surface area contributed by atoms with Crippen molar-refractivity contribution in [3.05, 3.63) is 70.5 Å². The molecule has 3 heterocycles. The number of thiophene rings is 1. The van der Waals surface area contributed by atoms with Crippen molar-refractivity contribution >= 4 is 38.9 Å². The van der Waals surface area contributed by atoms with Gasteiger partial charge in [0.25, 0.3) is 15.9 Å². The monoisotopic (exact) mass is 466 g/mol. The lowest BCUT2D eigenvalue weighted by molar-refractivity contribution is 0.0662. The summed E-state index contributed by atoms with van der Waals surface area (Å²) in [7, 11) is -3.60. The predicted molar refractivity (Wildman–Crippen MR) is 113 cm³/mol. The van der Waals surface area contributed by atoms with Gasteiger partial charge >= 0.3 is 0 Å². The average Bonchev–Trinajstić information content (AvgIpc) is 3.42. The first-order valence-electron chi connectivity index (χ1n) is 9.25. The molecule has 3 aromatic rings. The molecule has 0 bridgehead atoms. The number of benzene rings is 1. The minimum absolute atomic E-state index is 0.210. The van der Waals surface area contributed by atoms with Crippen LogP contribution in [0.4, 0.5) is 0 Å². The lowest BCUT2D eigenvalue weighted by atomic mass is 10.3. The van der Waals surface area contributed by atoms with Gasteiger partial charge in [0.05, 0.1) is 4.34 Å². The Morgan fingerprint density at radius 1 is 1.03 bits per heavy atom. The van der Waals surface area contributed by atoms with Crippen LogP contribution < -0.4 is 4.74 Å². The fourth-order valence-electron chi connectivity index (χ4n) is 3.09. The third kappa shape index (κ3) is 4.54. The summed E-state index contributed by atoms with van der Waals surface area (Å²) >= 11 is 6.89. The molecule has 1 fully saturated rings. The van der Waals surface area contributed by atoms with Gasteiger partial charge in [0.2, 0.25) is 0 Å². The number of piperazine rings is 1. The van der Waals surface area contributed by atoms with Gasteiger partial charge in [0.15, 0.2) is 5.76 Å². The molecule has 1 saturated heterocycles. The molecule has 1 aromatic carbocycles. The number of para-hydroxylation sites is 1. The Morgan fingerprint density at radius 2 is 1.77 bits per heavy atom. The molecule has 0 radical (unpaired) electrons. The molecule has 30 heavy (non-hydrogen) atoms. The summed E-state index contributed by atoms with van der Waals surface area (Å²) in [5.74, 6) is 1.20. The molecule has 10 heteroatoms. The first kappa shape index (κ1) is 20.9. The van der Waals surface area contributed by atoms with Crippen LogP contribution in [-0.4, -0.2) is 49.7 Å². The Labute approximate surface area is 183 Å². The van der Waals surface area contributed by atoms with E-state index in [1.807, 2.05) is 30.3 Å². The highest BCUT2D eigenvalue weighted by Gasteiger charge is 2.32. The second-order valence-electron chi connectivity index (χ2n) is 6.62. The van der Waals surface area contributed by atoms with Crippen LogP contribution in [0.15, 0.2) is 63.2 Å². The van der Waals surface area contributed by atoms with E-state index >= 15 is 0 Å². The van der Waals surface area contributed by atoms with Crippen LogP contribution >= 0.6 is 22.9 Å². The average molecular weight is 467 g/mol. The van der Waals surface area contributed by atoms with Crippen LogP contribution in [-0.2, 0) is 16.6 Å². The third-order valence-corrected chi connectivity index (χ3v) is 8.26. The fourth-order valence-corrected chi connectivity index (χ4v) is 6.15. The van der Waals surface area contributed by atoms with Crippen LogP contribution in [0.2, 0.25) is 4.34 Å². The van der Waals surface area contributed by atoms with E-state index in [9.17, 15) is 13.2 Å². The number of amides is 1. The molecule has 1 aliphatic heterocycles. The minimum atomic E-state index is -3.60. The van der Waals surface area contributed by atoms with E-state index in [-0.39, 0.29) is 48.7 Å². The number of hydrogen-bond donors (Lipinski definition) is 0. The van der Waals surface area contributed by atoms with E-state index in [4.69, 9.17) is 20.8 Å². The van der Waals surface area contributed by atoms with Crippen molar-refractivity contribution < 1.29 is 22.4 Å². The normalized spacial score (nSPS) is 15.3. The Balaban J connectivity index is 1.34. The zero-order valence-electron chi connectivity index (χ0n) is 15.9. The molecule has 158 valence electrons. The topological polar surface area (TPSA) is 80.1 Å². The van der Waals surface area contributed by atoms with Gasteiger partial charge in [-0.2, -0.15) is 4.31 Å². The van der Waals surface area contributed by atoms with Gasteiger partial charge in [0, 0.05) is 26.2 Å². The summed E-state index contributed by atoms with van der Waals surface area (Å²) in [6.07, 6.45) is 0. The molecule has 4 rings (SSSR count). The van der Waals surface area contributed by atoms with Gasteiger partial charge in [-0.25, -0.2) is 8.42 Å². The predicted octanol–water partition coefficient (Wildman–Crippen LogP) is 3.72. The number of sulfonamides is 1. The van der Waals surface area contributed by atoms with Crippen molar-refractivity contribution in [1.82, 2.24) is 9.21 Å². The molecule has 1 amide bonds. The maximum atomic E-state index is 12.7. The van der Waals surface area contributed by atoms with E-state index in [2.05, 4.69) is 0 Å². The molecule has 0 unspecified atom stereocenters. The summed E-state index contributed by atoms with van der Waals surface area (Å²) in [5, 5.41) is 0. The highest BCUT2D eigenvalue weighted by atomic mass is 35.5. The minimum Gasteiger partial charge on any atom is -0.486 e. The van der Waals surface area contributed by atoms with Crippen LogP contribution in [0.5, 0.6) is 5.75 Å². The van der Waals surface area contributed by atoms with E-state index in [0.717, 1.165) is 11.3 Å². The summed E-state index contributed by atoms with van der Waals surface area (Å²) in [6, 6.07) is 15.7. The van der Waals surface area contributed by atoms with Crippen molar-refractivity contribution in [2.75, 3.05) is 26.2 Å². The summed E-state index contributed by atoms with van der Waals surface area (Å²) in [4.78, 5) is 14.3. The van der Waals surface area contributed by atoms with Crippen molar-refractivity contribution in [2.45, 2.75) is 10.8 Å². The maximum Gasteiger partial charge on any atom is 0.289 e. The highest BCUT2D eigenvalue weighted by Crippen LogP contribution is 2.28. The molecule has 0 atom stereocenters. The lowest BCUT2D eigenvalue weighted by Gasteiger charge is -2.33. The van der Waals surface area contributed by atoms with Gasteiger partial charge < -0.3 is 14.1 Å². The number of rotatable bonds is 6. The van der Waals surface area contributed by atoms with Crippen molar-refractivity contribution in [1.29, 1.82) is 0 Å². The van der Waals surface area contributed by atoms with E-state index in [1.165, 1.54) is 10.4 Å². The van der Waals surface area contributed by atoms with E-state index in [0.29, 0.717) is 15.8 Å². The van der Waals surface area contributed by atoms with E-state index < -0.39 is 10.0 Å². The van der Waals surface area contributed by atoms with Gasteiger partial charge in [0.1, 0.15) is 22.3 Å². The smallest absolute Gasteiger partial charge is 0.289 e. The molecule has 0 saturated carbocycles. The second-order valence-corrected chi connectivity index (χ2v) is 10.5. The van der Waals surface area contributed by atoms with Gasteiger partial charge in [-0.3, -0.25) is 4.79 Å². The maximum absolute atomic E-state index is 12.7. The van der Waals surface area contributed by atoms with Crippen LogP contribution in [0.25, 0.3) is 0 Å². The van der Waals surface area contributed by atoms with Crippen LogP contribution in [0.3, 0.4) is 0 Å². The van der Waals surface area contributed by atoms with Gasteiger partial charge in [-0.15, -0.1) is 11.3 Å². The molecule has 1 aliphatic rings. The largest absolute Gasteiger partial charge is 0.486 e. The fraction of sp³-hybridized carbons (Fsp3) is 0.250. The first-order chi connectivity index (χ1) is 14.4. The molecule has 7 nitrogen and oxygen atoms in total. The molecular formula is C20H19ClN2O5S2. The summed E-state index contributed by atoms with van der Waals surface area (Å²) in [5.41, 5.74) is 0. The zero-order valence-corrected chi connectivity index (χ0v) is 18.3. The Kier molecular flexibility index (Phi) is 6.14. The number of nitrogens with zero attached hydrogens (tertiary/aromatic N) is 2. The number of carbonyl (C=O) groups is 1. The number of carbonyl (C=O) groups excluding carboxylic acids is 1. The number of ether oxygens (including phenoxy) is 1. The van der Waals surface area contributed by atoms with Gasteiger partial charge in [-0.05, 0) is 36.4 Å². The molecule has 0 aliphatic carbocycles. The number of halogens is 1. The third-order valence-electron chi connectivity index (χ3n) is 4.67. The SMILES string of the molecule is O=C(c1ccc(COc2ccccc2)o1)N1CCN(S(=O)(=O)c2ccc(Cl)s2)CC1. The first-order valence-corrected chi connectivity index (χ1v) is 11.9. The van der Waals surface area contributed by atoms with E-state index in [1.54, 1.807) is 23.1 Å². The van der Waals surface area contributed by atoms with Crippen LogP contribution in [0.1, 0.15) is 16.3 Å². The molecular weight excluding hydrogens is 448 g/mol. The highest BCUT2D eigenvalue weighted by molar-refractivity contribution is 7.91. The van der Waals surface area contributed by atoms with Gasteiger partial charge in [-0.1, -0.05) is 29.8 Å². The quantitative estimate of drug-likeness (QED) is 0.553. The summed E-state index contributed by atoms with van der Waals surface area (Å²) < 4.78 is 38.6. The van der Waals surface area contributed by atoms with Crippen LogP contribution in [0, 0.1) is 0 Å². The van der Waals surface area contributed by atoms with Crippen molar-refractivity contribution in [2.24, 2.45) is 0 Å². The second kappa shape index (κ2) is 8.81. The summed E-state index contributed by atoms with van der Waals surface area (Å²) in [6.45, 7) is 1.22. The standard InChI is InChI=1S/C20H19ClN2O5S2/c21-18-8-9-19(29-18)30(25,26)23-12-10-22(11-13-23)20(24)17-7-6-16(28-17)14-27-15-4-2-1-3-5-15/h1-9H,10-14H2.